The van der Waals surface area contributed by atoms with Crippen molar-refractivity contribution in [2.75, 3.05) is 0 Å². The summed E-state index contributed by atoms with van der Waals surface area (Å²) in [6.45, 7) is 4.18. The van der Waals surface area contributed by atoms with Crippen molar-refractivity contribution in [2.24, 2.45) is 0 Å². The van der Waals surface area contributed by atoms with Crippen LogP contribution in [0.2, 0.25) is 0 Å². The number of nitrogens with one attached hydrogen (secondary N) is 1. The number of aromatic nitrogens is 3. The summed E-state index contributed by atoms with van der Waals surface area (Å²) in [5.41, 5.74) is 0.869. The number of nitrogens with zero attached hydrogens (tertiary/aromatic N) is 3. The molecular formula is C16H19FN4OS. The van der Waals surface area contributed by atoms with Crippen LogP contribution in [0.15, 0.2) is 29.4 Å². The van der Waals surface area contributed by atoms with Gasteiger partial charge in [-0.25, -0.2) is 4.39 Å². The number of benzene rings is 1. The first kappa shape index (κ1) is 16.0. The minimum atomic E-state index is -0.279. The van der Waals surface area contributed by atoms with Crippen LogP contribution in [0.5, 0.6) is 0 Å². The van der Waals surface area contributed by atoms with Gasteiger partial charge in [-0.15, -0.1) is 10.2 Å². The van der Waals surface area contributed by atoms with E-state index in [4.69, 9.17) is 0 Å². The zero-order valence-corrected chi connectivity index (χ0v) is 13.9. The summed E-state index contributed by atoms with van der Waals surface area (Å²) in [5, 5.41) is 11.7. The molecule has 1 heterocycles. The lowest BCUT2D eigenvalue weighted by Gasteiger charge is -2.12. The number of amides is 1. The first-order valence-corrected chi connectivity index (χ1v) is 8.53. The van der Waals surface area contributed by atoms with Crippen molar-refractivity contribution in [1.29, 1.82) is 0 Å². The SMILES string of the molecule is Cc1nnc(S[C@@H](C)C(=O)NCc2ccc(F)cc2)n1C1CC1. The maximum atomic E-state index is 12.9. The first-order valence-electron chi connectivity index (χ1n) is 7.65. The van der Waals surface area contributed by atoms with Crippen molar-refractivity contribution in [1.82, 2.24) is 20.1 Å². The summed E-state index contributed by atoms with van der Waals surface area (Å²) in [4.78, 5) is 12.2. The van der Waals surface area contributed by atoms with Gasteiger partial charge in [0.15, 0.2) is 5.16 Å². The van der Waals surface area contributed by atoms with Crippen LogP contribution in [-0.2, 0) is 11.3 Å². The van der Waals surface area contributed by atoms with Gasteiger partial charge < -0.3 is 9.88 Å². The van der Waals surface area contributed by atoms with E-state index >= 15 is 0 Å². The van der Waals surface area contributed by atoms with E-state index < -0.39 is 0 Å². The molecule has 0 saturated heterocycles. The van der Waals surface area contributed by atoms with Gasteiger partial charge in [-0.3, -0.25) is 4.79 Å². The van der Waals surface area contributed by atoms with Crippen LogP contribution in [-0.4, -0.2) is 25.9 Å². The quantitative estimate of drug-likeness (QED) is 0.825. The maximum Gasteiger partial charge on any atom is 0.233 e. The highest BCUT2D eigenvalue weighted by Crippen LogP contribution is 2.39. The number of carbonyl (C=O) groups excluding carboxylic acids is 1. The normalized spacial score (nSPS) is 15.4. The molecule has 1 saturated carbocycles. The van der Waals surface area contributed by atoms with Gasteiger partial charge in [-0.2, -0.15) is 0 Å². The average Bonchev–Trinajstić information content (AvgIpc) is 3.30. The van der Waals surface area contributed by atoms with E-state index in [9.17, 15) is 9.18 Å². The predicted molar refractivity (Wildman–Crippen MR) is 86.6 cm³/mol. The molecule has 122 valence electrons. The van der Waals surface area contributed by atoms with Crippen LogP contribution < -0.4 is 5.32 Å². The molecule has 23 heavy (non-hydrogen) atoms. The van der Waals surface area contributed by atoms with Crippen LogP contribution >= 0.6 is 11.8 Å². The van der Waals surface area contributed by atoms with E-state index in [-0.39, 0.29) is 17.0 Å². The standard InChI is InChI=1S/C16H19FN4OS/c1-10(15(22)18-9-12-3-5-13(17)6-4-12)23-16-20-19-11(2)21(16)14-7-8-14/h3-6,10,14H,7-9H2,1-2H3,(H,18,22)/t10-/m0/s1. The molecule has 2 aromatic rings. The third-order valence-corrected chi connectivity index (χ3v) is 4.84. The number of aryl methyl sites for hydroxylation is 1. The molecular weight excluding hydrogens is 315 g/mol. The monoisotopic (exact) mass is 334 g/mol. The molecule has 1 fully saturated rings. The topological polar surface area (TPSA) is 59.8 Å². The number of hydrogen-bond donors (Lipinski definition) is 1. The van der Waals surface area contributed by atoms with Crippen molar-refractivity contribution in [3.8, 4) is 0 Å². The fourth-order valence-corrected chi connectivity index (χ4v) is 3.32. The molecule has 1 aliphatic rings. The summed E-state index contributed by atoms with van der Waals surface area (Å²) in [7, 11) is 0. The smallest absolute Gasteiger partial charge is 0.233 e. The second kappa shape index (κ2) is 6.70. The number of hydrogen-bond acceptors (Lipinski definition) is 4. The molecule has 1 aromatic carbocycles. The van der Waals surface area contributed by atoms with Crippen molar-refractivity contribution in [2.45, 2.75) is 49.7 Å². The molecule has 0 aliphatic heterocycles. The average molecular weight is 334 g/mol. The van der Waals surface area contributed by atoms with Gasteiger partial charge >= 0.3 is 0 Å². The molecule has 0 spiro atoms. The van der Waals surface area contributed by atoms with Gasteiger partial charge in [-0.05, 0) is 44.4 Å². The highest BCUT2D eigenvalue weighted by atomic mass is 32.2. The van der Waals surface area contributed by atoms with E-state index in [1.807, 2.05) is 13.8 Å². The second-order valence-corrected chi connectivity index (χ2v) is 7.04. The van der Waals surface area contributed by atoms with E-state index in [0.29, 0.717) is 12.6 Å². The molecule has 3 rings (SSSR count). The first-order chi connectivity index (χ1) is 11.0. The lowest BCUT2D eigenvalue weighted by Crippen LogP contribution is -2.30. The van der Waals surface area contributed by atoms with Crippen LogP contribution in [0.1, 0.15) is 37.2 Å². The summed E-state index contributed by atoms with van der Waals surface area (Å²) < 4.78 is 15.0. The minimum absolute atomic E-state index is 0.0673. The summed E-state index contributed by atoms with van der Waals surface area (Å²) in [6.07, 6.45) is 2.30. The third kappa shape index (κ3) is 3.90. The van der Waals surface area contributed by atoms with Crippen LogP contribution in [0.3, 0.4) is 0 Å². The van der Waals surface area contributed by atoms with Gasteiger partial charge in [0.1, 0.15) is 11.6 Å². The fourth-order valence-electron chi connectivity index (χ4n) is 2.33. The highest BCUT2D eigenvalue weighted by Gasteiger charge is 2.29. The zero-order chi connectivity index (χ0) is 16.4. The fraction of sp³-hybridized carbons (Fsp3) is 0.438. The second-order valence-electron chi connectivity index (χ2n) is 5.74. The summed E-state index contributed by atoms with van der Waals surface area (Å²) in [5.74, 6) is 0.551. The summed E-state index contributed by atoms with van der Waals surface area (Å²) in [6, 6.07) is 6.60. The Morgan fingerprint density at radius 1 is 1.39 bits per heavy atom. The number of rotatable bonds is 6. The zero-order valence-electron chi connectivity index (χ0n) is 13.1. The largest absolute Gasteiger partial charge is 0.351 e. The Morgan fingerprint density at radius 2 is 2.09 bits per heavy atom. The molecule has 5 nitrogen and oxygen atoms in total. The molecule has 1 N–H and O–H groups in total. The Bertz CT molecular complexity index is 697. The van der Waals surface area contributed by atoms with Crippen LogP contribution in [0, 0.1) is 12.7 Å². The van der Waals surface area contributed by atoms with Crippen LogP contribution in [0.25, 0.3) is 0 Å². The van der Waals surface area contributed by atoms with E-state index in [2.05, 4.69) is 20.1 Å². The van der Waals surface area contributed by atoms with Crippen molar-refractivity contribution in [3.05, 3.63) is 41.5 Å². The Hall–Kier alpha value is -1.89. The van der Waals surface area contributed by atoms with Gasteiger partial charge in [0.05, 0.1) is 5.25 Å². The number of carbonyl (C=O) groups is 1. The van der Waals surface area contributed by atoms with Gasteiger partial charge in [0, 0.05) is 12.6 Å². The molecule has 1 amide bonds. The summed E-state index contributed by atoms with van der Waals surface area (Å²) >= 11 is 1.42. The van der Waals surface area contributed by atoms with Gasteiger partial charge in [0.2, 0.25) is 5.91 Å². The molecule has 1 aliphatic carbocycles. The van der Waals surface area contributed by atoms with Crippen molar-refractivity contribution < 1.29 is 9.18 Å². The molecule has 0 radical (unpaired) electrons. The minimum Gasteiger partial charge on any atom is -0.351 e. The molecule has 1 aromatic heterocycles. The lowest BCUT2D eigenvalue weighted by atomic mass is 10.2. The van der Waals surface area contributed by atoms with Gasteiger partial charge in [-0.1, -0.05) is 23.9 Å². The molecule has 1 atom stereocenters. The van der Waals surface area contributed by atoms with E-state index in [0.717, 1.165) is 29.4 Å². The Balaban J connectivity index is 1.56. The van der Waals surface area contributed by atoms with E-state index in [1.165, 1.54) is 23.9 Å². The molecule has 0 unspecified atom stereocenters. The third-order valence-electron chi connectivity index (χ3n) is 3.78. The highest BCUT2D eigenvalue weighted by molar-refractivity contribution is 8.00. The van der Waals surface area contributed by atoms with Crippen molar-refractivity contribution >= 4 is 17.7 Å². The molecule has 7 heteroatoms. The Kier molecular flexibility index (Phi) is 4.66. The van der Waals surface area contributed by atoms with Crippen LogP contribution in [0.4, 0.5) is 4.39 Å². The van der Waals surface area contributed by atoms with Crippen molar-refractivity contribution in [3.63, 3.8) is 0 Å². The Labute approximate surface area is 138 Å². The maximum absolute atomic E-state index is 12.9. The van der Waals surface area contributed by atoms with Gasteiger partial charge in [0.25, 0.3) is 0 Å². The van der Waals surface area contributed by atoms with E-state index in [1.54, 1.807) is 12.1 Å². The number of thioether (sulfide) groups is 1. The lowest BCUT2D eigenvalue weighted by molar-refractivity contribution is -0.120. The predicted octanol–water partition coefficient (Wildman–Crippen LogP) is 2.86. The molecule has 0 bridgehead atoms. The number of halogens is 1. The Morgan fingerprint density at radius 3 is 2.74 bits per heavy atom.